The fraction of sp³-hybridized carbons (Fsp3) is 0. The summed E-state index contributed by atoms with van der Waals surface area (Å²) in [6.07, 6.45) is 5.82. The highest BCUT2D eigenvalue weighted by molar-refractivity contribution is 7.79. The smallest absolute Gasteiger partial charge is 0.0972 e. The summed E-state index contributed by atoms with van der Waals surface area (Å²) in [5.74, 6) is 0. The molecule has 3 heteroatoms. The van der Waals surface area contributed by atoms with Crippen LogP contribution in [-0.4, -0.2) is 9.97 Å². The van der Waals surface area contributed by atoms with Gasteiger partial charge in [0, 0.05) is 27.7 Å². The quantitative estimate of drug-likeness (QED) is 0.178. The topological polar surface area (TPSA) is 25.8 Å². The number of hydrogen-bond acceptors (Lipinski definition) is 2. The third-order valence-electron chi connectivity index (χ3n) is 6.64. The molecule has 0 spiro atoms. The maximum atomic E-state index is 5.08. The highest BCUT2D eigenvalue weighted by atomic mass is 31.1. The number of pyridine rings is 2. The van der Waals surface area contributed by atoms with Crippen molar-refractivity contribution in [2.45, 2.75) is 0 Å². The van der Waals surface area contributed by atoms with Gasteiger partial charge in [0.15, 0.2) is 0 Å². The van der Waals surface area contributed by atoms with E-state index < -0.39 is 7.92 Å². The van der Waals surface area contributed by atoms with E-state index in [2.05, 4.69) is 116 Å². The number of nitrogens with zero attached hydrogens (tertiary/aromatic N) is 2. The first-order chi connectivity index (χ1) is 18.3. The van der Waals surface area contributed by atoms with E-state index in [4.69, 9.17) is 9.97 Å². The summed E-state index contributed by atoms with van der Waals surface area (Å²) in [6.45, 7) is 8.11. The molecule has 0 aliphatic rings. The summed E-state index contributed by atoms with van der Waals surface area (Å²) in [4.78, 5) is 10.1. The number of aromatic nitrogens is 2. The molecule has 37 heavy (non-hydrogen) atoms. The zero-order valence-corrected chi connectivity index (χ0v) is 21.3. The van der Waals surface area contributed by atoms with E-state index in [-0.39, 0.29) is 0 Å². The number of fused-ring (bicyclic) bond motifs is 3. The van der Waals surface area contributed by atoms with Crippen molar-refractivity contribution in [1.29, 1.82) is 0 Å². The van der Waals surface area contributed by atoms with Crippen LogP contribution in [0.15, 0.2) is 129 Å². The maximum Gasteiger partial charge on any atom is 0.0972 e. The maximum absolute atomic E-state index is 5.08. The van der Waals surface area contributed by atoms with Crippen molar-refractivity contribution in [2.24, 2.45) is 0 Å². The molecule has 0 N–H and O–H groups in total. The van der Waals surface area contributed by atoms with E-state index >= 15 is 0 Å². The zero-order valence-electron chi connectivity index (χ0n) is 20.4. The van der Waals surface area contributed by atoms with Crippen molar-refractivity contribution in [3.8, 4) is 11.4 Å². The molecular weight excluding hydrogens is 467 g/mol. The van der Waals surface area contributed by atoms with Crippen LogP contribution in [0.5, 0.6) is 0 Å². The predicted octanol–water partition coefficient (Wildman–Crippen LogP) is 7.49. The summed E-state index contributed by atoms with van der Waals surface area (Å²) < 4.78 is 0. The predicted molar refractivity (Wildman–Crippen MR) is 161 cm³/mol. The molecule has 0 aliphatic heterocycles. The van der Waals surface area contributed by atoms with Crippen LogP contribution in [0.3, 0.4) is 0 Å². The van der Waals surface area contributed by atoms with Crippen LogP contribution in [0.25, 0.3) is 45.2 Å². The Kier molecular flexibility index (Phi) is 6.18. The van der Waals surface area contributed by atoms with Gasteiger partial charge < -0.3 is 0 Å². The van der Waals surface area contributed by atoms with Gasteiger partial charge in [-0.2, -0.15) is 0 Å². The normalized spacial score (nSPS) is 11.2. The van der Waals surface area contributed by atoms with Gasteiger partial charge in [0.1, 0.15) is 0 Å². The average molecular weight is 493 g/mol. The lowest BCUT2D eigenvalue weighted by Crippen LogP contribution is -2.20. The standard InChI is InChI=1S/C34H25N2P/c1-3-24-19-21-30-33(28(24)4-2)29-17-11-12-18-31(29)36-34(30)32-22-20-27(23-35-32)37(25-13-7-5-8-14-25)26-15-9-6-10-16-26/h3-23H,1-2H2. The van der Waals surface area contributed by atoms with Crippen molar-refractivity contribution in [1.82, 2.24) is 9.97 Å². The minimum atomic E-state index is -0.712. The van der Waals surface area contributed by atoms with E-state index in [1.807, 2.05) is 24.4 Å². The molecule has 2 aromatic heterocycles. The molecule has 2 nitrogen and oxygen atoms in total. The second-order valence-electron chi connectivity index (χ2n) is 8.78. The average Bonchev–Trinajstić information content (AvgIpc) is 2.97. The second-order valence-corrected chi connectivity index (χ2v) is 11.0. The largest absolute Gasteiger partial charge is 0.254 e. The number of rotatable bonds is 6. The summed E-state index contributed by atoms with van der Waals surface area (Å²) in [5.41, 5.74) is 4.81. The fourth-order valence-electron chi connectivity index (χ4n) is 4.94. The summed E-state index contributed by atoms with van der Waals surface area (Å²) >= 11 is 0. The van der Waals surface area contributed by atoms with E-state index in [1.54, 1.807) is 0 Å². The van der Waals surface area contributed by atoms with Crippen LogP contribution in [0.4, 0.5) is 0 Å². The number of benzene rings is 4. The van der Waals surface area contributed by atoms with Crippen LogP contribution < -0.4 is 15.9 Å². The van der Waals surface area contributed by atoms with Crippen molar-refractivity contribution >= 4 is 57.7 Å². The Morgan fingerprint density at radius 3 is 1.89 bits per heavy atom. The molecule has 0 saturated heterocycles. The Labute approximate surface area is 218 Å². The van der Waals surface area contributed by atoms with Gasteiger partial charge in [-0.3, -0.25) is 4.98 Å². The van der Waals surface area contributed by atoms with Gasteiger partial charge in [0.2, 0.25) is 0 Å². The van der Waals surface area contributed by atoms with Gasteiger partial charge >= 0.3 is 0 Å². The molecule has 0 radical (unpaired) electrons. The van der Waals surface area contributed by atoms with Crippen molar-refractivity contribution < 1.29 is 0 Å². The van der Waals surface area contributed by atoms with Gasteiger partial charge in [-0.05, 0) is 41.8 Å². The third kappa shape index (κ3) is 4.16. The van der Waals surface area contributed by atoms with E-state index in [1.165, 1.54) is 15.9 Å². The van der Waals surface area contributed by atoms with Crippen molar-refractivity contribution in [3.63, 3.8) is 0 Å². The van der Waals surface area contributed by atoms with Crippen molar-refractivity contribution in [3.05, 3.63) is 140 Å². The van der Waals surface area contributed by atoms with Crippen molar-refractivity contribution in [2.75, 3.05) is 0 Å². The monoisotopic (exact) mass is 492 g/mol. The molecular formula is C34H25N2P. The highest BCUT2D eigenvalue weighted by Crippen LogP contribution is 2.37. The molecule has 2 heterocycles. The Balaban J connectivity index is 1.54. The second kappa shape index (κ2) is 9.93. The first-order valence-electron chi connectivity index (χ1n) is 12.3. The molecule has 4 aromatic carbocycles. The van der Waals surface area contributed by atoms with Crippen LogP contribution in [-0.2, 0) is 0 Å². The lowest BCUT2D eigenvalue weighted by Gasteiger charge is -2.19. The molecule has 0 aliphatic carbocycles. The summed E-state index contributed by atoms with van der Waals surface area (Å²) in [5, 5.41) is 7.12. The van der Waals surface area contributed by atoms with Crippen LogP contribution in [0, 0.1) is 0 Å². The van der Waals surface area contributed by atoms with Gasteiger partial charge in [0.25, 0.3) is 0 Å². The number of para-hydroxylation sites is 1. The minimum absolute atomic E-state index is 0.712. The molecule has 0 bridgehead atoms. The molecule has 6 aromatic rings. The molecule has 0 amide bonds. The Morgan fingerprint density at radius 2 is 1.27 bits per heavy atom. The zero-order chi connectivity index (χ0) is 25.2. The van der Waals surface area contributed by atoms with Gasteiger partial charge in [-0.15, -0.1) is 0 Å². The first-order valence-corrected chi connectivity index (χ1v) is 13.6. The van der Waals surface area contributed by atoms with Gasteiger partial charge in [-0.1, -0.05) is 122 Å². The first kappa shape index (κ1) is 23.0. The number of hydrogen-bond donors (Lipinski definition) is 0. The molecule has 0 fully saturated rings. The lowest BCUT2D eigenvalue weighted by molar-refractivity contribution is 1.30. The van der Waals surface area contributed by atoms with Gasteiger partial charge in [-0.25, -0.2) is 4.98 Å². The van der Waals surface area contributed by atoms with Crippen LogP contribution in [0.1, 0.15) is 11.1 Å². The molecule has 176 valence electrons. The Bertz CT molecular complexity index is 1700. The van der Waals surface area contributed by atoms with E-state index in [0.717, 1.165) is 44.2 Å². The van der Waals surface area contributed by atoms with Crippen LogP contribution in [0.2, 0.25) is 0 Å². The summed E-state index contributed by atoms with van der Waals surface area (Å²) in [7, 11) is -0.712. The molecule has 6 rings (SSSR count). The van der Waals surface area contributed by atoms with Gasteiger partial charge in [0.05, 0.1) is 16.9 Å². The highest BCUT2D eigenvalue weighted by Gasteiger charge is 2.18. The van der Waals surface area contributed by atoms with Crippen LogP contribution >= 0.6 is 7.92 Å². The van der Waals surface area contributed by atoms with E-state index in [0.29, 0.717) is 0 Å². The Morgan fingerprint density at radius 1 is 0.595 bits per heavy atom. The molecule has 0 unspecified atom stereocenters. The molecule has 0 atom stereocenters. The van der Waals surface area contributed by atoms with E-state index in [9.17, 15) is 0 Å². The SMILES string of the molecule is C=Cc1ccc2c(-c3ccc(P(c4ccccc4)c4ccccc4)cn3)nc3ccccc3c2c1C=C. The summed E-state index contributed by atoms with van der Waals surface area (Å²) in [6, 6.07) is 38.2. The minimum Gasteiger partial charge on any atom is -0.254 e. The Hall–Kier alpha value is -4.39. The third-order valence-corrected chi connectivity index (χ3v) is 9.05. The fourth-order valence-corrected chi connectivity index (χ4v) is 7.17. The lowest BCUT2D eigenvalue weighted by atomic mass is 9.94. The molecule has 0 saturated carbocycles.